The van der Waals surface area contributed by atoms with Crippen molar-refractivity contribution in [1.82, 2.24) is 15.1 Å². The molecule has 2 aromatic rings. The average Bonchev–Trinajstić information content (AvgIpc) is 3.03. The van der Waals surface area contributed by atoms with E-state index < -0.39 is 0 Å². The van der Waals surface area contributed by atoms with E-state index in [1.54, 1.807) is 14.2 Å². The minimum absolute atomic E-state index is 0.630. The van der Waals surface area contributed by atoms with Crippen LogP contribution < -0.4 is 15.4 Å². The van der Waals surface area contributed by atoms with Gasteiger partial charge in [0.05, 0.1) is 12.3 Å². The number of aromatic nitrogens is 2. The molecule has 0 bridgehead atoms. The predicted molar refractivity (Wildman–Crippen MR) is 114 cm³/mol. The third-order valence-electron chi connectivity index (χ3n) is 4.54. The number of anilines is 1. The molecule has 0 radical (unpaired) electrons. The van der Waals surface area contributed by atoms with Gasteiger partial charge >= 0.3 is 0 Å². The molecule has 0 amide bonds. The second-order valence-electron chi connectivity index (χ2n) is 6.48. The van der Waals surface area contributed by atoms with Crippen LogP contribution in [0.5, 0.6) is 5.75 Å². The highest BCUT2D eigenvalue weighted by Crippen LogP contribution is 2.18. The fourth-order valence-corrected chi connectivity index (χ4v) is 3.14. The monoisotopic (exact) mass is 387 g/mol. The molecule has 154 valence electrons. The summed E-state index contributed by atoms with van der Waals surface area (Å²) in [5, 5.41) is 11.4. The van der Waals surface area contributed by atoms with Crippen LogP contribution in [0.15, 0.2) is 29.3 Å². The lowest BCUT2D eigenvalue weighted by atomic mass is 10.1. The van der Waals surface area contributed by atoms with Gasteiger partial charge in [-0.2, -0.15) is 5.10 Å². The van der Waals surface area contributed by atoms with Crippen molar-refractivity contribution >= 4 is 11.6 Å². The molecule has 0 saturated heterocycles. The molecule has 1 aromatic carbocycles. The van der Waals surface area contributed by atoms with E-state index in [1.165, 1.54) is 11.3 Å². The normalized spacial score (nSPS) is 11.5. The van der Waals surface area contributed by atoms with Crippen molar-refractivity contribution in [2.24, 2.45) is 12.0 Å². The van der Waals surface area contributed by atoms with E-state index in [2.05, 4.69) is 34.6 Å². The van der Waals surface area contributed by atoms with Gasteiger partial charge in [0, 0.05) is 63.8 Å². The van der Waals surface area contributed by atoms with Crippen LogP contribution in [-0.4, -0.2) is 43.1 Å². The quantitative estimate of drug-likeness (QED) is 0.372. The van der Waals surface area contributed by atoms with Gasteiger partial charge in [-0.25, -0.2) is 0 Å². The number of hydrogen-bond acceptors (Lipinski definition) is 4. The Morgan fingerprint density at radius 1 is 1.21 bits per heavy atom. The predicted octanol–water partition coefficient (Wildman–Crippen LogP) is 3.15. The highest BCUT2D eigenvalue weighted by atomic mass is 16.5. The highest BCUT2D eigenvalue weighted by Gasteiger charge is 2.14. The molecule has 0 fully saturated rings. The van der Waals surface area contributed by atoms with Crippen LogP contribution in [0.2, 0.25) is 0 Å². The molecule has 2 N–H and O–H groups in total. The molecule has 0 aliphatic carbocycles. The second kappa shape index (κ2) is 11.3. The zero-order chi connectivity index (χ0) is 20.4. The zero-order valence-corrected chi connectivity index (χ0v) is 17.7. The Balaban J connectivity index is 1.98. The Labute approximate surface area is 168 Å². The molecule has 0 unspecified atom stereocenters. The molecule has 1 heterocycles. The van der Waals surface area contributed by atoms with Crippen LogP contribution in [0, 0.1) is 0 Å². The molecule has 0 aliphatic rings. The summed E-state index contributed by atoms with van der Waals surface area (Å²) in [6, 6.07) is 7.88. The summed E-state index contributed by atoms with van der Waals surface area (Å²) in [5.74, 6) is 1.54. The van der Waals surface area contributed by atoms with Crippen molar-refractivity contribution in [2.75, 3.05) is 32.7 Å². The number of methoxy groups -OCH3 is 1. The third-order valence-corrected chi connectivity index (χ3v) is 4.54. The first-order chi connectivity index (χ1) is 13.6. The fourth-order valence-electron chi connectivity index (χ4n) is 3.14. The Morgan fingerprint density at radius 2 is 2.04 bits per heavy atom. The standard InChI is InChI=1S/C21H33N5O2/c1-6-19-18(20(7-2)26(4)25-19)15-23-21(22-3)24-16-10-8-11-17(14-16)28-13-9-12-27-5/h8,10-11,14H,6-7,9,12-13,15H2,1-5H3,(H2,22,23,24). The van der Waals surface area contributed by atoms with Crippen LogP contribution >= 0.6 is 0 Å². The summed E-state index contributed by atoms with van der Waals surface area (Å²) in [6.07, 6.45) is 2.73. The number of guanidine groups is 1. The minimum Gasteiger partial charge on any atom is -0.493 e. The van der Waals surface area contributed by atoms with Crippen LogP contribution in [0.25, 0.3) is 0 Å². The molecule has 28 heavy (non-hydrogen) atoms. The van der Waals surface area contributed by atoms with Gasteiger partial charge in [0.2, 0.25) is 0 Å². The van der Waals surface area contributed by atoms with Crippen molar-refractivity contribution in [3.63, 3.8) is 0 Å². The zero-order valence-electron chi connectivity index (χ0n) is 17.7. The molecule has 7 heteroatoms. The fraction of sp³-hybridized carbons (Fsp3) is 0.524. The van der Waals surface area contributed by atoms with Gasteiger partial charge < -0.3 is 20.1 Å². The van der Waals surface area contributed by atoms with E-state index in [1.807, 2.05) is 36.0 Å². The number of benzene rings is 1. The summed E-state index contributed by atoms with van der Waals surface area (Å²) in [6.45, 7) is 6.31. The van der Waals surface area contributed by atoms with Gasteiger partial charge in [-0.3, -0.25) is 9.67 Å². The van der Waals surface area contributed by atoms with Gasteiger partial charge in [-0.05, 0) is 25.0 Å². The van der Waals surface area contributed by atoms with E-state index in [0.29, 0.717) is 25.7 Å². The average molecular weight is 388 g/mol. The van der Waals surface area contributed by atoms with Crippen molar-refractivity contribution in [3.05, 3.63) is 41.2 Å². The maximum absolute atomic E-state index is 5.77. The SMILES string of the molecule is CCc1nn(C)c(CC)c1CNC(=NC)Nc1cccc(OCCCOC)c1. The van der Waals surface area contributed by atoms with E-state index in [4.69, 9.17) is 9.47 Å². The minimum atomic E-state index is 0.630. The Kier molecular flexibility index (Phi) is 8.81. The summed E-state index contributed by atoms with van der Waals surface area (Å²) in [7, 11) is 5.47. The molecule has 1 aromatic heterocycles. The van der Waals surface area contributed by atoms with E-state index in [-0.39, 0.29) is 0 Å². The lowest BCUT2D eigenvalue weighted by Gasteiger charge is -2.14. The largest absolute Gasteiger partial charge is 0.493 e. The molecule has 0 atom stereocenters. The van der Waals surface area contributed by atoms with Gasteiger partial charge in [-0.15, -0.1) is 0 Å². The van der Waals surface area contributed by atoms with Crippen LogP contribution in [0.4, 0.5) is 5.69 Å². The Hall–Kier alpha value is -2.54. The van der Waals surface area contributed by atoms with Crippen molar-refractivity contribution in [3.8, 4) is 5.75 Å². The third kappa shape index (κ3) is 5.99. The summed E-state index contributed by atoms with van der Waals surface area (Å²) < 4.78 is 12.8. The summed E-state index contributed by atoms with van der Waals surface area (Å²) in [5.41, 5.74) is 4.57. The molecule has 0 saturated carbocycles. The first kappa shape index (κ1) is 21.8. The summed E-state index contributed by atoms with van der Waals surface area (Å²) >= 11 is 0. The molecular formula is C21H33N5O2. The highest BCUT2D eigenvalue weighted by molar-refractivity contribution is 5.93. The molecule has 0 spiro atoms. The molecule has 7 nitrogen and oxygen atoms in total. The number of aryl methyl sites for hydroxylation is 2. The number of ether oxygens (including phenoxy) is 2. The first-order valence-electron chi connectivity index (χ1n) is 9.85. The smallest absolute Gasteiger partial charge is 0.195 e. The maximum atomic E-state index is 5.77. The van der Waals surface area contributed by atoms with Gasteiger partial charge in [-0.1, -0.05) is 19.9 Å². The molecule has 2 rings (SSSR count). The van der Waals surface area contributed by atoms with Gasteiger partial charge in [0.1, 0.15) is 5.75 Å². The molecular weight excluding hydrogens is 354 g/mol. The summed E-state index contributed by atoms with van der Waals surface area (Å²) in [4.78, 5) is 4.34. The first-order valence-corrected chi connectivity index (χ1v) is 9.85. The number of nitrogens with one attached hydrogen (secondary N) is 2. The van der Waals surface area contributed by atoms with E-state index in [0.717, 1.165) is 36.4 Å². The van der Waals surface area contributed by atoms with E-state index >= 15 is 0 Å². The Morgan fingerprint density at radius 3 is 2.71 bits per heavy atom. The number of rotatable bonds is 10. The Bertz CT molecular complexity index is 770. The second-order valence-corrected chi connectivity index (χ2v) is 6.48. The lowest BCUT2D eigenvalue weighted by molar-refractivity contribution is 0.172. The van der Waals surface area contributed by atoms with Crippen LogP contribution in [0.1, 0.15) is 37.2 Å². The topological polar surface area (TPSA) is 72.7 Å². The van der Waals surface area contributed by atoms with Crippen LogP contribution in [0.3, 0.4) is 0 Å². The van der Waals surface area contributed by atoms with E-state index in [9.17, 15) is 0 Å². The lowest BCUT2D eigenvalue weighted by Crippen LogP contribution is -2.30. The number of hydrogen-bond donors (Lipinski definition) is 2. The maximum Gasteiger partial charge on any atom is 0.195 e. The van der Waals surface area contributed by atoms with Gasteiger partial charge in [0.15, 0.2) is 5.96 Å². The number of nitrogens with zero attached hydrogens (tertiary/aromatic N) is 3. The van der Waals surface area contributed by atoms with Crippen molar-refractivity contribution in [1.29, 1.82) is 0 Å². The van der Waals surface area contributed by atoms with Crippen LogP contribution in [-0.2, 0) is 31.2 Å². The van der Waals surface area contributed by atoms with Gasteiger partial charge in [0.25, 0.3) is 0 Å². The van der Waals surface area contributed by atoms with Crippen molar-refractivity contribution in [2.45, 2.75) is 39.7 Å². The molecule has 0 aliphatic heterocycles. The number of aliphatic imine (C=N–C) groups is 1. The van der Waals surface area contributed by atoms with Crippen molar-refractivity contribution < 1.29 is 9.47 Å².